The van der Waals surface area contributed by atoms with Crippen molar-refractivity contribution in [2.45, 2.75) is 6.42 Å². The summed E-state index contributed by atoms with van der Waals surface area (Å²) in [6.45, 7) is 0.637. The van der Waals surface area contributed by atoms with Crippen molar-refractivity contribution < 1.29 is 19.4 Å². The second-order valence-corrected chi connectivity index (χ2v) is 6.99. The highest BCUT2D eigenvalue weighted by atomic mass is 32.1. The maximum atomic E-state index is 12.9. The SMILES string of the molecule is COCC1(C(=O)O)CCN(C(=O)c2cn(C)nc2-c2cccs2)C1. The van der Waals surface area contributed by atoms with Gasteiger partial charge in [0.05, 0.1) is 17.0 Å². The lowest BCUT2D eigenvalue weighted by atomic mass is 9.88. The Labute approximate surface area is 143 Å². The summed E-state index contributed by atoms with van der Waals surface area (Å²) >= 11 is 1.52. The van der Waals surface area contributed by atoms with Crippen molar-refractivity contribution >= 4 is 23.2 Å². The number of nitrogens with zero attached hydrogens (tertiary/aromatic N) is 3. The molecule has 0 radical (unpaired) electrons. The smallest absolute Gasteiger partial charge is 0.313 e. The molecule has 1 atom stereocenters. The van der Waals surface area contributed by atoms with Crippen LogP contribution in [-0.4, -0.2) is 58.5 Å². The van der Waals surface area contributed by atoms with Crippen LogP contribution in [0.15, 0.2) is 23.7 Å². The first-order valence-corrected chi connectivity index (χ1v) is 8.44. The van der Waals surface area contributed by atoms with E-state index in [2.05, 4.69) is 5.10 Å². The summed E-state index contributed by atoms with van der Waals surface area (Å²) in [5.74, 6) is -1.12. The van der Waals surface area contributed by atoms with Gasteiger partial charge in [-0.1, -0.05) is 6.07 Å². The third-order valence-corrected chi connectivity index (χ3v) is 5.21. The molecule has 7 nitrogen and oxygen atoms in total. The Morgan fingerprint density at radius 2 is 2.29 bits per heavy atom. The quantitative estimate of drug-likeness (QED) is 0.888. The van der Waals surface area contributed by atoms with Crippen molar-refractivity contribution in [2.75, 3.05) is 26.8 Å². The number of carbonyl (C=O) groups excluding carboxylic acids is 1. The molecule has 2 aromatic rings. The van der Waals surface area contributed by atoms with E-state index in [-0.39, 0.29) is 19.1 Å². The van der Waals surface area contributed by atoms with Crippen molar-refractivity contribution in [1.82, 2.24) is 14.7 Å². The Morgan fingerprint density at radius 3 is 2.92 bits per heavy atom. The minimum absolute atomic E-state index is 0.0942. The van der Waals surface area contributed by atoms with Gasteiger partial charge in [-0.25, -0.2) is 0 Å². The summed E-state index contributed by atoms with van der Waals surface area (Å²) in [6, 6.07) is 3.83. The number of hydrogen-bond donors (Lipinski definition) is 1. The number of amides is 1. The number of carboxylic acids is 1. The summed E-state index contributed by atoms with van der Waals surface area (Å²) in [5, 5.41) is 15.9. The number of hydrogen-bond acceptors (Lipinski definition) is 5. The minimum Gasteiger partial charge on any atom is -0.481 e. The minimum atomic E-state index is -1.03. The highest BCUT2D eigenvalue weighted by Crippen LogP contribution is 2.34. The van der Waals surface area contributed by atoms with E-state index in [9.17, 15) is 14.7 Å². The van der Waals surface area contributed by atoms with Crippen LogP contribution in [-0.2, 0) is 16.6 Å². The Kier molecular flexibility index (Phi) is 4.42. The van der Waals surface area contributed by atoms with Crippen molar-refractivity contribution in [1.29, 1.82) is 0 Å². The van der Waals surface area contributed by atoms with Crippen LogP contribution >= 0.6 is 11.3 Å². The van der Waals surface area contributed by atoms with Gasteiger partial charge in [-0.3, -0.25) is 14.3 Å². The number of carbonyl (C=O) groups is 2. The molecule has 1 amide bonds. The largest absolute Gasteiger partial charge is 0.481 e. The van der Waals surface area contributed by atoms with Gasteiger partial charge >= 0.3 is 5.97 Å². The molecule has 1 aliphatic heterocycles. The highest BCUT2D eigenvalue weighted by molar-refractivity contribution is 7.13. The summed E-state index contributed by atoms with van der Waals surface area (Å²) in [6.07, 6.45) is 2.07. The number of aryl methyl sites for hydroxylation is 1. The van der Waals surface area contributed by atoms with Gasteiger partial charge in [-0.15, -0.1) is 11.3 Å². The molecule has 1 unspecified atom stereocenters. The Bertz CT molecular complexity index is 755. The number of thiophene rings is 1. The van der Waals surface area contributed by atoms with Gasteiger partial charge < -0.3 is 14.7 Å². The van der Waals surface area contributed by atoms with E-state index in [0.717, 1.165) is 4.88 Å². The van der Waals surface area contributed by atoms with E-state index < -0.39 is 11.4 Å². The van der Waals surface area contributed by atoms with E-state index in [1.165, 1.54) is 18.4 Å². The van der Waals surface area contributed by atoms with Crippen LogP contribution in [0.4, 0.5) is 0 Å². The molecule has 128 valence electrons. The normalized spacial score (nSPS) is 20.5. The van der Waals surface area contributed by atoms with Crippen LogP contribution in [0, 0.1) is 5.41 Å². The first-order chi connectivity index (χ1) is 11.5. The summed E-state index contributed by atoms with van der Waals surface area (Å²) < 4.78 is 6.69. The Balaban J connectivity index is 1.88. The van der Waals surface area contributed by atoms with Crippen molar-refractivity contribution in [2.24, 2.45) is 12.5 Å². The van der Waals surface area contributed by atoms with E-state index in [0.29, 0.717) is 24.2 Å². The van der Waals surface area contributed by atoms with Gasteiger partial charge in [0.15, 0.2) is 0 Å². The molecule has 1 fully saturated rings. The lowest BCUT2D eigenvalue weighted by molar-refractivity contribution is -0.151. The first kappa shape index (κ1) is 16.7. The Hall–Kier alpha value is -2.19. The molecule has 1 saturated heterocycles. The average molecular weight is 349 g/mol. The third kappa shape index (κ3) is 2.83. The topological polar surface area (TPSA) is 84.7 Å². The number of likely N-dealkylation sites (tertiary alicyclic amines) is 1. The summed E-state index contributed by atoms with van der Waals surface area (Å²) in [4.78, 5) is 27.1. The fraction of sp³-hybridized carbons (Fsp3) is 0.438. The van der Waals surface area contributed by atoms with E-state index in [1.807, 2.05) is 17.5 Å². The number of methoxy groups -OCH3 is 1. The van der Waals surface area contributed by atoms with Crippen LogP contribution in [0.3, 0.4) is 0 Å². The molecule has 3 heterocycles. The predicted molar refractivity (Wildman–Crippen MR) is 89.0 cm³/mol. The van der Waals surface area contributed by atoms with E-state index >= 15 is 0 Å². The van der Waals surface area contributed by atoms with E-state index in [4.69, 9.17) is 4.74 Å². The molecular weight excluding hydrogens is 330 g/mol. The molecule has 1 aliphatic rings. The zero-order chi connectivity index (χ0) is 17.3. The van der Waals surface area contributed by atoms with Crippen molar-refractivity contribution in [3.63, 3.8) is 0 Å². The van der Waals surface area contributed by atoms with Crippen LogP contribution in [0.1, 0.15) is 16.8 Å². The Morgan fingerprint density at radius 1 is 1.50 bits per heavy atom. The number of ether oxygens (including phenoxy) is 1. The fourth-order valence-corrected chi connectivity index (χ4v) is 3.81. The third-order valence-electron chi connectivity index (χ3n) is 4.33. The molecule has 0 spiro atoms. The molecule has 0 bridgehead atoms. The lowest BCUT2D eigenvalue weighted by Gasteiger charge is -2.23. The molecule has 0 aromatic carbocycles. The van der Waals surface area contributed by atoms with Gasteiger partial charge in [-0.2, -0.15) is 5.10 Å². The molecule has 3 rings (SSSR count). The van der Waals surface area contributed by atoms with Gasteiger partial charge in [-0.05, 0) is 17.9 Å². The number of aliphatic carboxylic acids is 1. The fourth-order valence-electron chi connectivity index (χ4n) is 3.09. The van der Waals surface area contributed by atoms with Crippen LogP contribution in [0.5, 0.6) is 0 Å². The number of rotatable bonds is 5. The first-order valence-electron chi connectivity index (χ1n) is 7.56. The molecule has 8 heteroatoms. The van der Waals surface area contributed by atoms with Gasteiger partial charge in [0.1, 0.15) is 11.1 Å². The lowest BCUT2D eigenvalue weighted by Crippen LogP contribution is -2.40. The van der Waals surface area contributed by atoms with Gasteiger partial charge in [0, 0.05) is 33.4 Å². The van der Waals surface area contributed by atoms with Crippen LogP contribution in [0.25, 0.3) is 10.6 Å². The van der Waals surface area contributed by atoms with Crippen LogP contribution in [0.2, 0.25) is 0 Å². The van der Waals surface area contributed by atoms with Crippen molar-refractivity contribution in [3.8, 4) is 10.6 Å². The zero-order valence-corrected chi connectivity index (χ0v) is 14.4. The second-order valence-electron chi connectivity index (χ2n) is 6.04. The van der Waals surface area contributed by atoms with Crippen LogP contribution < -0.4 is 0 Å². The molecular formula is C16H19N3O4S. The maximum absolute atomic E-state index is 12.9. The van der Waals surface area contributed by atoms with Gasteiger partial charge in [0.2, 0.25) is 0 Å². The highest BCUT2D eigenvalue weighted by Gasteiger charge is 2.47. The van der Waals surface area contributed by atoms with Gasteiger partial charge in [0.25, 0.3) is 5.91 Å². The molecule has 2 aromatic heterocycles. The standard InChI is InChI=1S/C16H19N3O4S/c1-18-8-11(13(17-18)12-4-3-7-24-12)14(20)19-6-5-16(9-19,10-23-2)15(21)22/h3-4,7-8H,5-6,9-10H2,1-2H3,(H,21,22). The summed E-state index contributed by atoms with van der Waals surface area (Å²) in [5.41, 5.74) is 0.103. The molecule has 24 heavy (non-hydrogen) atoms. The summed E-state index contributed by atoms with van der Waals surface area (Å²) in [7, 11) is 3.25. The maximum Gasteiger partial charge on any atom is 0.313 e. The zero-order valence-electron chi connectivity index (χ0n) is 13.6. The van der Waals surface area contributed by atoms with E-state index in [1.54, 1.807) is 22.8 Å². The molecule has 0 saturated carbocycles. The average Bonchev–Trinajstić information content (AvgIpc) is 3.25. The molecule has 1 N–H and O–H groups in total. The molecule has 0 aliphatic carbocycles. The monoisotopic (exact) mass is 349 g/mol. The predicted octanol–water partition coefficient (Wildman–Crippen LogP) is 1.71. The number of carboxylic acid groups (broad SMARTS) is 1. The second kappa shape index (κ2) is 6.37. The number of aromatic nitrogens is 2. The van der Waals surface area contributed by atoms with Crippen molar-refractivity contribution in [3.05, 3.63) is 29.3 Å².